The van der Waals surface area contributed by atoms with E-state index in [0.717, 1.165) is 12.0 Å². The highest BCUT2D eigenvalue weighted by Crippen LogP contribution is 2.21. The minimum atomic E-state index is -0.225. The van der Waals surface area contributed by atoms with Gasteiger partial charge in [0.15, 0.2) is 18.1 Å². The van der Waals surface area contributed by atoms with Crippen molar-refractivity contribution in [1.29, 1.82) is 0 Å². The Bertz CT molecular complexity index is 1100. The maximum absolute atomic E-state index is 12.2. The molecule has 0 bridgehead atoms. The number of aryl methyl sites for hydroxylation is 1. The highest BCUT2D eigenvalue weighted by Gasteiger charge is 2.09. The molecule has 5 nitrogen and oxygen atoms in total. The second kappa shape index (κ2) is 8.61. The van der Waals surface area contributed by atoms with E-state index in [2.05, 4.69) is 17.2 Å². The van der Waals surface area contributed by atoms with Crippen molar-refractivity contribution in [2.24, 2.45) is 0 Å². The smallest absolute Gasteiger partial charge is 0.262 e. The lowest BCUT2D eigenvalue weighted by Crippen LogP contribution is -2.20. The first-order chi connectivity index (χ1) is 14.2. The molecule has 0 aliphatic carbocycles. The van der Waals surface area contributed by atoms with E-state index in [9.17, 15) is 4.79 Å². The van der Waals surface area contributed by atoms with Crippen LogP contribution in [0.3, 0.4) is 0 Å². The van der Waals surface area contributed by atoms with Gasteiger partial charge in [-0.3, -0.25) is 4.79 Å². The Morgan fingerprint density at radius 3 is 2.55 bits per heavy atom. The summed E-state index contributed by atoms with van der Waals surface area (Å²) >= 11 is 0. The van der Waals surface area contributed by atoms with Crippen LogP contribution in [0.25, 0.3) is 11.1 Å². The van der Waals surface area contributed by atoms with Gasteiger partial charge in [-0.15, -0.1) is 0 Å². The van der Waals surface area contributed by atoms with Gasteiger partial charge in [-0.05, 0) is 47.9 Å². The third-order valence-corrected chi connectivity index (χ3v) is 4.62. The summed E-state index contributed by atoms with van der Waals surface area (Å²) < 4.78 is 11.4. The number of nitrogens with one attached hydrogen (secondary N) is 1. The maximum atomic E-state index is 12.2. The first-order valence-corrected chi connectivity index (χ1v) is 9.64. The molecule has 29 heavy (non-hydrogen) atoms. The van der Waals surface area contributed by atoms with Crippen molar-refractivity contribution in [3.05, 3.63) is 89.8 Å². The van der Waals surface area contributed by atoms with Gasteiger partial charge in [0.2, 0.25) is 0 Å². The van der Waals surface area contributed by atoms with Gasteiger partial charge in [-0.2, -0.15) is 0 Å². The van der Waals surface area contributed by atoms with E-state index < -0.39 is 0 Å². The van der Waals surface area contributed by atoms with Gasteiger partial charge in [0, 0.05) is 12.1 Å². The summed E-state index contributed by atoms with van der Waals surface area (Å²) in [4.78, 5) is 16.7. The Balaban J connectivity index is 1.37. The number of amides is 1. The number of rotatable bonds is 7. The fraction of sp³-hybridized carbons (Fsp3) is 0.167. The molecule has 3 aromatic carbocycles. The highest BCUT2D eigenvalue weighted by molar-refractivity contribution is 5.93. The number of ether oxygens (including phenoxy) is 1. The number of carbonyl (C=O) groups excluding carboxylic acids is 1. The van der Waals surface area contributed by atoms with Gasteiger partial charge in [0.25, 0.3) is 5.91 Å². The van der Waals surface area contributed by atoms with Crippen LogP contribution in [0.1, 0.15) is 23.9 Å². The number of hydrogen-bond donors (Lipinski definition) is 1. The average molecular weight is 386 g/mol. The first kappa shape index (κ1) is 18.7. The van der Waals surface area contributed by atoms with Crippen LogP contribution in [-0.4, -0.2) is 17.5 Å². The second-order valence-electron chi connectivity index (χ2n) is 6.79. The van der Waals surface area contributed by atoms with Gasteiger partial charge in [-0.25, -0.2) is 4.98 Å². The summed E-state index contributed by atoms with van der Waals surface area (Å²) in [7, 11) is 0. The SMILES string of the molecule is CCc1ccc(OCC(=O)Nc2ccc3oc(Cc4ccccc4)nc3c2)cc1. The lowest BCUT2D eigenvalue weighted by atomic mass is 10.1. The standard InChI is InChI=1S/C24H22N2O3/c1-2-17-8-11-20(12-9-17)28-16-23(27)25-19-10-13-22-21(15-19)26-24(29-22)14-18-6-4-3-5-7-18/h3-13,15H,2,14,16H2,1H3,(H,25,27). The van der Waals surface area contributed by atoms with Crippen molar-refractivity contribution in [2.45, 2.75) is 19.8 Å². The number of benzene rings is 3. The Morgan fingerprint density at radius 2 is 1.79 bits per heavy atom. The molecule has 0 spiro atoms. The predicted octanol–water partition coefficient (Wildman–Crippen LogP) is 5.00. The van der Waals surface area contributed by atoms with Crippen molar-refractivity contribution in [1.82, 2.24) is 4.98 Å². The molecule has 146 valence electrons. The summed E-state index contributed by atoms with van der Waals surface area (Å²) in [6.45, 7) is 2.04. The van der Waals surface area contributed by atoms with Crippen LogP contribution in [0.4, 0.5) is 5.69 Å². The summed E-state index contributed by atoms with van der Waals surface area (Å²) in [5, 5.41) is 2.84. The second-order valence-corrected chi connectivity index (χ2v) is 6.79. The van der Waals surface area contributed by atoms with Crippen LogP contribution in [0.2, 0.25) is 0 Å². The molecule has 0 radical (unpaired) electrons. The van der Waals surface area contributed by atoms with Gasteiger partial charge in [0.05, 0.1) is 0 Å². The number of nitrogens with zero attached hydrogens (tertiary/aromatic N) is 1. The molecule has 0 aliphatic rings. The number of carbonyl (C=O) groups is 1. The van der Waals surface area contributed by atoms with Gasteiger partial charge in [0.1, 0.15) is 11.3 Å². The Kier molecular flexibility index (Phi) is 5.56. The van der Waals surface area contributed by atoms with Crippen LogP contribution in [-0.2, 0) is 17.6 Å². The molecule has 5 heteroatoms. The normalized spacial score (nSPS) is 10.8. The van der Waals surface area contributed by atoms with Crippen molar-refractivity contribution >= 4 is 22.7 Å². The average Bonchev–Trinajstić information content (AvgIpc) is 3.15. The van der Waals surface area contributed by atoms with E-state index in [-0.39, 0.29) is 12.5 Å². The summed E-state index contributed by atoms with van der Waals surface area (Å²) in [5.41, 5.74) is 4.43. The van der Waals surface area contributed by atoms with Gasteiger partial charge in [-0.1, -0.05) is 49.4 Å². The van der Waals surface area contributed by atoms with Gasteiger partial charge < -0.3 is 14.5 Å². The third-order valence-electron chi connectivity index (χ3n) is 4.62. The minimum absolute atomic E-state index is 0.0540. The van der Waals surface area contributed by atoms with E-state index in [1.54, 1.807) is 12.1 Å². The lowest BCUT2D eigenvalue weighted by molar-refractivity contribution is -0.118. The molecule has 0 saturated carbocycles. The quantitative estimate of drug-likeness (QED) is 0.485. The van der Waals surface area contributed by atoms with E-state index in [4.69, 9.17) is 9.15 Å². The van der Waals surface area contributed by atoms with Crippen LogP contribution >= 0.6 is 0 Å². The molecule has 0 fully saturated rings. The minimum Gasteiger partial charge on any atom is -0.484 e. The molecule has 4 rings (SSSR count). The number of aromatic nitrogens is 1. The van der Waals surface area contributed by atoms with E-state index in [1.807, 2.05) is 60.7 Å². The molecule has 1 heterocycles. The predicted molar refractivity (Wildman–Crippen MR) is 113 cm³/mol. The molecule has 1 amide bonds. The zero-order chi connectivity index (χ0) is 20.1. The monoisotopic (exact) mass is 386 g/mol. The molecular weight excluding hydrogens is 364 g/mol. The Labute approximate surface area is 169 Å². The van der Waals surface area contributed by atoms with E-state index >= 15 is 0 Å². The van der Waals surface area contributed by atoms with Crippen LogP contribution in [0, 0.1) is 0 Å². The molecule has 0 aliphatic heterocycles. The highest BCUT2D eigenvalue weighted by atomic mass is 16.5. The van der Waals surface area contributed by atoms with E-state index in [1.165, 1.54) is 5.56 Å². The van der Waals surface area contributed by atoms with Crippen LogP contribution < -0.4 is 10.1 Å². The van der Waals surface area contributed by atoms with Crippen molar-refractivity contribution in [3.8, 4) is 5.75 Å². The first-order valence-electron chi connectivity index (χ1n) is 9.64. The van der Waals surface area contributed by atoms with Crippen LogP contribution in [0.5, 0.6) is 5.75 Å². The van der Waals surface area contributed by atoms with Gasteiger partial charge >= 0.3 is 0 Å². The van der Waals surface area contributed by atoms with Crippen molar-refractivity contribution in [3.63, 3.8) is 0 Å². The molecule has 1 aromatic heterocycles. The fourth-order valence-corrected chi connectivity index (χ4v) is 3.07. The molecule has 0 atom stereocenters. The number of fused-ring (bicyclic) bond motifs is 1. The number of hydrogen-bond acceptors (Lipinski definition) is 4. The third kappa shape index (κ3) is 4.82. The largest absolute Gasteiger partial charge is 0.484 e. The maximum Gasteiger partial charge on any atom is 0.262 e. The Morgan fingerprint density at radius 1 is 1.00 bits per heavy atom. The summed E-state index contributed by atoms with van der Waals surface area (Å²) in [5.74, 6) is 1.10. The zero-order valence-electron chi connectivity index (χ0n) is 16.2. The zero-order valence-corrected chi connectivity index (χ0v) is 16.2. The number of anilines is 1. The molecule has 4 aromatic rings. The topological polar surface area (TPSA) is 64.4 Å². The molecule has 0 saturated heterocycles. The fourth-order valence-electron chi connectivity index (χ4n) is 3.07. The summed E-state index contributed by atoms with van der Waals surface area (Å²) in [6, 6.07) is 23.2. The molecule has 0 unspecified atom stereocenters. The molecular formula is C24H22N2O3. The van der Waals surface area contributed by atoms with E-state index in [0.29, 0.717) is 34.8 Å². The Hall–Kier alpha value is -3.60. The molecule has 1 N–H and O–H groups in total. The van der Waals surface area contributed by atoms with Crippen LogP contribution in [0.15, 0.2) is 77.2 Å². The summed E-state index contributed by atoms with van der Waals surface area (Å²) in [6.07, 6.45) is 1.60. The lowest BCUT2D eigenvalue weighted by Gasteiger charge is -2.08. The van der Waals surface area contributed by atoms with Crippen molar-refractivity contribution in [2.75, 3.05) is 11.9 Å². The van der Waals surface area contributed by atoms with Crippen molar-refractivity contribution < 1.29 is 13.9 Å². The number of oxazole rings is 1.